The van der Waals surface area contributed by atoms with Crippen molar-refractivity contribution < 1.29 is 4.74 Å². The molecule has 0 bridgehead atoms. The molecule has 0 amide bonds. The zero-order valence-electron chi connectivity index (χ0n) is 7.05. The van der Waals surface area contributed by atoms with Gasteiger partial charge in [0.05, 0.1) is 0 Å². The van der Waals surface area contributed by atoms with Crippen molar-refractivity contribution in [3.8, 4) is 0 Å². The van der Waals surface area contributed by atoms with E-state index in [9.17, 15) is 0 Å². The molecule has 1 radical (unpaired) electrons. The minimum absolute atomic E-state index is 0.660. The lowest BCUT2D eigenvalue weighted by Crippen LogP contribution is -2.28. The van der Waals surface area contributed by atoms with Crippen molar-refractivity contribution in [2.75, 3.05) is 20.2 Å². The van der Waals surface area contributed by atoms with E-state index in [0.717, 1.165) is 13.0 Å². The van der Waals surface area contributed by atoms with Crippen LogP contribution in [0.2, 0.25) is 0 Å². The largest absolute Gasteiger partial charge is 0.374 e. The molecule has 1 heterocycles. The lowest BCUT2D eigenvalue weighted by molar-refractivity contribution is 0.188. The number of hydrogen-bond acceptors (Lipinski definition) is 2. The molecule has 0 aliphatic carbocycles. The second-order valence-electron chi connectivity index (χ2n) is 3.06. The van der Waals surface area contributed by atoms with Gasteiger partial charge in [-0.3, -0.25) is 4.90 Å². The highest BCUT2D eigenvalue weighted by Gasteiger charge is 2.24. The molecule has 1 aliphatic heterocycles. The molecular weight excluding hydrogens is 126 g/mol. The summed E-state index contributed by atoms with van der Waals surface area (Å²) in [5, 5.41) is 0. The Bertz CT molecular complexity index is 103. The van der Waals surface area contributed by atoms with Crippen LogP contribution >= 0.6 is 0 Å². The van der Waals surface area contributed by atoms with E-state index < -0.39 is 0 Å². The van der Waals surface area contributed by atoms with Gasteiger partial charge in [0, 0.05) is 26.2 Å². The molecule has 0 unspecified atom stereocenters. The highest BCUT2D eigenvalue weighted by atomic mass is 16.5. The SMILES string of the molecule is CO[C]1CCN(C(C)C)C1. The van der Waals surface area contributed by atoms with Crippen LogP contribution in [0.15, 0.2) is 0 Å². The average molecular weight is 142 g/mol. The Morgan fingerprint density at radius 2 is 2.20 bits per heavy atom. The molecule has 0 aromatic rings. The average Bonchev–Trinajstić information content (AvgIpc) is 2.34. The number of methoxy groups -OCH3 is 1. The molecule has 59 valence electrons. The van der Waals surface area contributed by atoms with E-state index in [1.807, 2.05) is 0 Å². The summed E-state index contributed by atoms with van der Waals surface area (Å²) in [7, 11) is 1.76. The molecule has 2 heteroatoms. The predicted molar refractivity (Wildman–Crippen MR) is 41.6 cm³/mol. The molecule has 0 atom stereocenters. The lowest BCUT2D eigenvalue weighted by Gasteiger charge is -2.19. The summed E-state index contributed by atoms with van der Waals surface area (Å²) >= 11 is 0. The quantitative estimate of drug-likeness (QED) is 0.576. The van der Waals surface area contributed by atoms with Crippen molar-refractivity contribution in [3.05, 3.63) is 6.10 Å². The van der Waals surface area contributed by atoms with Crippen LogP contribution in [0.4, 0.5) is 0 Å². The first-order valence-electron chi connectivity index (χ1n) is 3.86. The normalized spacial score (nSPS) is 22.8. The molecule has 0 spiro atoms. The van der Waals surface area contributed by atoms with Crippen LogP contribution in [0.5, 0.6) is 0 Å². The molecule has 0 N–H and O–H groups in total. The molecule has 1 fully saturated rings. The molecule has 2 nitrogen and oxygen atoms in total. The topological polar surface area (TPSA) is 12.5 Å². The number of ether oxygens (including phenoxy) is 1. The van der Waals surface area contributed by atoms with E-state index >= 15 is 0 Å². The van der Waals surface area contributed by atoms with E-state index in [0.29, 0.717) is 6.04 Å². The van der Waals surface area contributed by atoms with E-state index in [1.54, 1.807) is 7.11 Å². The molecule has 1 aliphatic rings. The maximum Gasteiger partial charge on any atom is 0.112 e. The van der Waals surface area contributed by atoms with Crippen LogP contribution in [0, 0.1) is 6.10 Å². The first-order valence-corrected chi connectivity index (χ1v) is 3.86. The minimum Gasteiger partial charge on any atom is -0.374 e. The standard InChI is InChI=1S/C8H16NO/c1-7(2)9-5-4-8(6-9)10-3/h7H,4-6H2,1-3H3. The van der Waals surface area contributed by atoms with Gasteiger partial charge in [0.25, 0.3) is 0 Å². The van der Waals surface area contributed by atoms with Gasteiger partial charge in [0.1, 0.15) is 6.10 Å². The Balaban J connectivity index is 2.28. The third kappa shape index (κ3) is 1.70. The summed E-state index contributed by atoms with van der Waals surface area (Å²) in [6.45, 7) is 6.65. The summed E-state index contributed by atoms with van der Waals surface area (Å²) in [6.07, 6.45) is 2.35. The zero-order chi connectivity index (χ0) is 7.56. The number of rotatable bonds is 2. The monoisotopic (exact) mass is 142 g/mol. The second-order valence-corrected chi connectivity index (χ2v) is 3.06. The summed E-state index contributed by atoms with van der Waals surface area (Å²) in [4.78, 5) is 2.42. The Morgan fingerprint density at radius 1 is 1.50 bits per heavy atom. The zero-order valence-corrected chi connectivity index (χ0v) is 7.05. The van der Waals surface area contributed by atoms with Crippen molar-refractivity contribution in [1.29, 1.82) is 0 Å². The van der Waals surface area contributed by atoms with Crippen LogP contribution in [-0.4, -0.2) is 31.1 Å². The van der Waals surface area contributed by atoms with Crippen molar-refractivity contribution in [3.63, 3.8) is 0 Å². The van der Waals surface area contributed by atoms with Crippen molar-refractivity contribution in [1.82, 2.24) is 4.90 Å². The molecular formula is C8H16NO. The van der Waals surface area contributed by atoms with Crippen LogP contribution in [0.25, 0.3) is 0 Å². The van der Waals surface area contributed by atoms with E-state index in [1.165, 1.54) is 12.6 Å². The summed E-state index contributed by atoms with van der Waals surface area (Å²) in [5.74, 6) is 0. The smallest absolute Gasteiger partial charge is 0.112 e. The Kier molecular flexibility index (Phi) is 2.69. The van der Waals surface area contributed by atoms with Gasteiger partial charge in [0.15, 0.2) is 0 Å². The van der Waals surface area contributed by atoms with E-state index in [2.05, 4.69) is 18.7 Å². The summed E-state index contributed by atoms with van der Waals surface area (Å²) in [5.41, 5.74) is 0. The van der Waals surface area contributed by atoms with Crippen molar-refractivity contribution >= 4 is 0 Å². The first kappa shape index (κ1) is 8.02. The van der Waals surface area contributed by atoms with Gasteiger partial charge in [-0.2, -0.15) is 0 Å². The summed E-state index contributed by atoms with van der Waals surface area (Å²) in [6, 6.07) is 0.660. The molecule has 0 aromatic carbocycles. The Hall–Kier alpha value is -0.0800. The van der Waals surface area contributed by atoms with E-state index in [4.69, 9.17) is 4.74 Å². The van der Waals surface area contributed by atoms with Gasteiger partial charge in [-0.15, -0.1) is 0 Å². The van der Waals surface area contributed by atoms with Crippen LogP contribution < -0.4 is 0 Å². The molecule has 1 saturated heterocycles. The fourth-order valence-corrected chi connectivity index (χ4v) is 1.26. The van der Waals surface area contributed by atoms with Gasteiger partial charge in [0.2, 0.25) is 0 Å². The van der Waals surface area contributed by atoms with Crippen molar-refractivity contribution in [2.24, 2.45) is 0 Å². The molecule has 10 heavy (non-hydrogen) atoms. The van der Waals surface area contributed by atoms with Crippen LogP contribution in [0.1, 0.15) is 20.3 Å². The predicted octanol–water partition coefficient (Wildman–Crippen LogP) is 1.28. The van der Waals surface area contributed by atoms with E-state index in [-0.39, 0.29) is 0 Å². The van der Waals surface area contributed by atoms with Gasteiger partial charge in [-0.1, -0.05) is 0 Å². The minimum atomic E-state index is 0.660. The highest BCUT2D eigenvalue weighted by molar-refractivity contribution is 4.91. The first-order chi connectivity index (χ1) is 4.74. The fraction of sp³-hybridized carbons (Fsp3) is 0.875. The second kappa shape index (κ2) is 3.35. The third-order valence-corrected chi connectivity index (χ3v) is 2.08. The lowest BCUT2D eigenvalue weighted by atomic mass is 10.3. The third-order valence-electron chi connectivity index (χ3n) is 2.08. The molecule has 0 aromatic heterocycles. The van der Waals surface area contributed by atoms with Gasteiger partial charge < -0.3 is 4.74 Å². The highest BCUT2D eigenvalue weighted by Crippen LogP contribution is 2.19. The van der Waals surface area contributed by atoms with Gasteiger partial charge in [-0.25, -0.2) is 0 Å². The summed E-state index contributed by atoms with van der Waals surface area (Å²) < 4.78 is 5.17. The molecule has 1 rings (SSSR count). The Labute approximate surface area is 63.2 Å². The van der Waals surface area contributed by atoms with Gasteiger partial charge in [-0.05, 0) is 20.3 Å². The van der Waals surface area contributed by atoms with Gasteiger partial charge >= 0.3 is 0 Å². The maximum absolute atomic E-state index is 5.17. The fourth-order valence-electron chi connectivity index (χ4n) is 1.26. The number of nitrogens with zero attached hydrogens (tertiary/aromatic N) is 1. The Morgan fingerprint density at radius 3 is 2.50 bits per heavy atom. The van der Waals surface area contributed by atoms with Crippen molar-refractivity contribution in [2.45, 2.75) is 26.3 Å². The van der Waals surface area contributed by atoms with Crippen LogP contribution in [0.3, 0.4) is 0 Å². The van der Waals surface area contributed by atoms with Crippen LogP contribution in [-0.2, 0) is 4.74 Å². The number of hydrogen-bond donors (Lipinski definition) is 0. The maximum atomic E-state index is 5.17. The molecule has 0 saturated carbocycles. The number of likely N-dealkylation sites (tertiary alicyclic amines) is 1.